The van der Waals surface area contributed by atoms with Crippen molar-refractivity contribution in [2.24, 2.45) is 0 Å². The SMILES string of the molecule is CN(/C(=C/C=C/C=O)c1ccccc1)c1ccccc1. The molecule has 0 unspecified atom stereocenters. The van der Waals surface area contributed by atoms with Gasteiger partial charge in [-0.3, -0.25) is 4.79 Å². The number of hydrogen-bond acceptors (Lipinski definition) is 2. The Labute approximate surface area is 119 Å². The van der Waals surface area contributed by atoms with Gasteiger partial charge in [-0.15, -0.1) is 0 Å². The highest BCUT2D eigenvalue weighted by atomic mass is 16.1. The minimum absolute atomic E-state index is 0.779. The van der Waals surface area contributed by atoms with Gasteiger partial charge >= 0.3 is 0 Å². The van der Waals surface area contributed by atoms with E-state index in [9.17, 15) is 4.79 Å². The van der Waals surface area contributed by atoms with E-state index in [1.807, 2.05) is 49.5 Å². The predicted molar refractivity (Wildman–Crippen MR) is 84.5 cm³/mol. The van der Waals surface area contributed by atoms with Crippen LogP contribution in [0.3, 0.4) is 0 Å². The van der Waals surface area contributed by atoms with Gasteiger partial charge in [0.05, 0.1) is 0 Å². The molecule has 100 valence electrons. The van der Waals surface area contributed by atoms with Crippen LogP contribution in [0.15, 0.2) is 78.9 Å². The van der Waals surface area contributed by atoms with Gasteiger partial charge in [-0.1, -0.05) is 54.6 Å². The van der Waals surface area contributed by atoms with Gasteiger partial charge in [-0.05, 0) is 29.8 Å². The van der Waals surface area contributed by atoms with Crippen molar-refractivity contribution < 1.29 is 4.79 Å². The molecule has 2 rings (SSSR count). The zero-order valence-electron chi connectivity index (χ0n) is 11.4. The van der Waals surface area contributed by atoms with Gasteiger partial charge in [0, 0.05) is 18.4 Å². The highest BCUT2D eigenvalue weighted by molar-refractivity contribution is 5.80. The van der Waals surface area contributed by atoms with Gasteiger partial charge in [0.15, 0.2) is 0 Å². The Kier molecular flexibility index (Phi) is 4.90. The van der Waals surface area contributed by atoms with Crippen LogP contribution >= 0.6 is 0 Å². The van der Waals surface area contributed by atoms with Gasteiger partial charge in [0.25, 0.3) is 0 Å². The van der Waals surface area contributed by atoms with Gasteiger partial charge in [-0.2, -0.15) is 0 Å². The molecule has 0 N–H and O–H groups in total. The van der Waals surface area contributed by atoms with E-state index in [4.69, 9.17) is 0 Å². The minimum atomic E-state index is 0.779. The Morgan fingerprint density at radius 2 is 1.50 bits per heavy atom. The summed E-state index contributed by atoms with van der Waals surface area (Å²) in [4.78, 5) is 12.5. The van der Waals surface area contributed by atoms with E-state index in [-0.39, 0.29) is 0 Å². The van der Waals surface area contributed by atoms with Crippen LogP contribution < -0.4 is 4.90 Å². The lowest BCUT2D eigenvalue weighted by molar-refractivity contribution is -0.104. The molecular weight excluding hydrogens is 246 g/mol. The minimum Gasteiger partial charge on any atom is -0.344 e. The topological polar surface area (TPSA) is 20.3 Å². The Bertz CT molecular complexity index is 600. The summed E-state index contributed by atoms with van der Waals surface area (Å²) in [5.74, 6) is 0. The van der Waals surface area contributed by atoms with Gasteiger partial charge in [-0.25, -0.2) is 0 Å². The number of hydrogen-bond donors (Lipinski definition) is 0. The van der Waals surface area contributed by atoms with E-state index in [2.05, 4.69) is 29.2 Å². The third kappa shape index (κ3) is 3.45. The second kappa shape index (κ2) is 7.10. The maximum absolute atomic E-state index is 10.4. The fourth-order valence-corrected chi connectivity index (χ4v) is 1.99. The molecule has 0 spiro atoms. The van der Waals surface area contributed by atoms with Crippen LogP contribution in [0.4, 0.5) is 5.69 Å². The molecule has 0 aliphatic carbocycles. The van der Waals surface area contributed by atoms with Crippen LogP contribution in [0.1, 0.15) is 5.56 Å². The van der Waals surface area contributed by atoms with Crippen LogP contribution in [0, 0.1) is 0 Å². The zero-order valence-corrected chi connectivity index (χ0v) is 11.4. The highest BCUT2D eigenvalue weighted by Gasteiger charge is 2.08. The Morgan fingerprint density at radius 1 is 0.900 bits per heavy atom. The van der Waals surface area contributed by atoms with Crippen molar-refractivity contribution >= 4 is 17.7 Å². The van der Waals surface area contributed by atoms with E-state index in [0.717, 1.165) is 23.2 Å². The van der Waals surface area contributed by atoms with E-state index < -0.39 is 0 Å². The standard InChI is InChI=1S/C18H17NO/c1-19(17-12-6-3-7-13-17)18(14-8-9-15-20)16-10-4-2-5-11-16/h2-15H,1H3/b9-8+,18-14+. The summed E-state index contributed by atoms with van der Waals surface area (Å²) in [6.07, 6.45) is 5.97. The summed E-state index contributed by atoms with van der Waals surface area (Å²) in [6, 6.07) is 20.2. The molecule has 2 aromatic rings. The third-order valence-corrected chi connectivity index (χ3v) is 3.02. The molecule has 20 heavy (non-hydrogen) atoms. The molecule has 0 aromatic heterocycles. The molecule has 2 nitrogen and oxygen atoms in total. The van der Waals surface area contributed by atoms with E-state index in [0.29, 0.717) is 0 Å². The van der Waals surface area contributed by atoms with Crippen molar-refractivity contribution in [3.63, 3.8) is 0 Å². The summed E-state index contributed by atoms with van der Waals surface area (Å²) in [5.41, 5.74) is 3.24. The number of benzene rings is 2. The first-order valence-corrected chi connectivity index (χ1v) is 6.49. The molecule has 0 saturated carbocycles. The number of aldehydes is 1. The third-order valence-electron chi connectivity index (χ3n) is 3.02. The highest BCUT2D eigenvalue weighted by Crippen LogP contribution is 2.24. The molecule has 2 heteroatoms. The van der Waals surface area contributed by atoms with Crippen molar-refractivity contribution in [3.8, 4) is 0 Å². The van der Waals surface area contributed by atoms with Crippen LogP contribution in [0.2, 0.25) is 0 Å². The number of anilines is 1. The monoisotopic (exact) mass is 263 g/mol. The number of nitrogens with zero attached hydrogens (tertiary/aromatic N) is 1. The van der Waals surface area contributed by atoms with Crippen molar-refractivity contribution in [3.05, 3.63) is 84.5 Å². The second-order valence-corrected chi connectivity index (χ2v) is 4.33. The summed E-state index contributed by atoms with van der Waals surface area (Å²) in [7, 11) is 2.02. The largest absolute Gasteiger partial charge is 0.344 e. The molecule has 0 fully saturated rings. The number of para-hydroxylation sites is 1. The van der Waals surface area contributed by atoms with Crippen molar-refractivity contribution in [2.75, 3.05) is 11.9 Å². The van der Waals surface area contributed by atoms with Gasteiger partial charge in [0.1, 0.15) is 6.29 Å². The quantitative estimate of drug-likeness (QED) is 0.463. The smallest absolute Gasteiger partial charge is 0.142 e. The number of carbonyl (C=O) groups excluding carboxylic acids is 1. The zero-order chi connectivity index (χ0) is 14.2. The van der Waals surface area contributed by atoms with Crippen molar-refractivity contribution in [1.82, 2.24) is 0 Å². The number of carbonyl (C=O) groups is 1. The number of allylic oxidation sites excluding steroid dienone is 3. The molecule has 0 saturated heterocycles. The lowest BCUT2D eigenvalue weighted by Crippen LogP contribution is -2.15. The molecule has 0 atom stereocenters. The molecule has 0 radical (unpaired) electrons. The van der Waals surface area contributed by atoms with Crippen LogP contribution in [0.25, 0.3) is 5.70 Å². The first-order chi connectivity index (χ1) is 9.83. The maximum Gasteiger partial charge on any atom is 0.142 e. The molecule has 0 heterocycles. The fourth-order valence-electron chi connectivity index (χ4n) is 1.99. The molecular formula is C18H17NO. The molecule has 0 amide bonds. The average Bonchev–Trinajstić information content (AvgIpc) is 2.53. The Hall–Kier alpha value is -2.61. The van der Waals surface area contributed by atoms with Gasteiger partial charge < -0.3 is 4.90 Å². The number of rotatable bonds is 5. The van der Waals surface area contributed by atoms with Crippen molar-refractivity contribution in [2.45, 2.75) is 0 Å². The summed E-state index contributed by atoms with van der Waals surface area (Å²) in [6.45, 7) is 0. The lowest BCUT2D eigenvalue weighted by atomic mass is 10.1. The van der Waals surface area contributed by atoms with E-state index in [1.165, 1.54) is 6.08 Å². The second-order valence-electron chi connectivity index (χ2n) is 4.33. The van der Waals surface area contributed by atoms with Crippen molar-refractivity contribution in [1.29, 1.82) is 0 Å². The summed E-state index contributed by atoms with van der Waals surface area (Å²) >= 11 is 0. The first-order valence-electron chi connectivity index (χ1n) is 6.49. The van der Waals surface area contributed by atoms with Crippen LogP contribution in [0.5, 0.6) is 0 Å². The Morgan fingerprint density at radius 3 is 2.10 bits per heavy atom. The fraction of sp³-hybridized carbons (Fsp3) is 0.0556. The maximum atomic E-state index is 10.4. The molecule has 0 aliphatic heterocycles. The van der Waals surface area contributed by atoms with E-state index in [1.54, 1.807) is 6.08 Å². The molecule has 2 aromatic carbocycles. The average molecular weight is 263 g/mol. The van der Waals surface area contributed by atoms with Gasteiger partial charge in [0.2, 0.25) is 0 Å². The lowest BCUT2D eigenvalue weighted by Gasteiger charge is -2.23. The molecule has 0 aliphatic rings. The summed E-state index contributed by atoms with van der Waals surface area (Å²) < 4.78 is 0. The molecule has 0 bridgehead atoms. The van der Waals surface area contributed by atoms with Crippen LogP contribution in [-0.2, 0) is 4.79 Å². The predicted octanol–water partition coefficient (Wildman–Crippen LogP) is 3.92. The summed E-state index contributed by atoms with van der Waals surface area (Å²) in [5, 5.41) is 0. The van der Waals surface area contributed by atoms with E-state index >= 15 is 0 Å². The first kappa shape index (κ1) is 13.8. The normalized spacial score (nSPS) is 11.6. The Balaban J connectivity index is 2.39. The van der Waals surface area contributed by atoms with Crippen LogP contribution in [-0.4, -0.2) is 13.3 Å².